The molecule has 1 aromatic rings. The van der Waals surface area contributed by atoms with Crippen LogP contribution in [-0.4, -0.2) is 28.8 Å². The minimum Gasteiger partial charge on any atom is -0.504 e. The molecular weight excluding hydrogens is 192 g/mol. The molecule has 0 saturated heterocycles. The highest BCUT2D eigenvalue weighted by Crippen LogP contribution is 2.24. The summed E-state index contributed by atoms with van der Waals surface area (Å²) in [5.41, 5.74) is 0. The maximum absolute atomic E-state index is 9.26. The third kappa shape index (κ3) is 3.13. The second-order valence-electron chi connectivity index (χ2n) is 2.59. The monoisotopic (exact) mass is 202 g/mol. The van der Waals surface area contributed by atoms with Crippen LogP contribution in [0.1, 0.15) is 0 Å². The molecule has 0 spiro atoms. The number of hydrogen-bond acceptors (Lipinski definition) is 3. The number of phenolic OH excluding ortho intramolecular Hbond substituents is 1. The van der Waals surface area contributed by atoms with Crippen LogP contribution in [0.5, 0.6) is 11.5 Å². The summed E-state index contributed by atoms with van der Waals surface area (Å²) in [6.45, 7) is 0.0844. The maximum Gasteiger partial charge on any atom is 0.161 e. The highest BCUT2D eigenvalue weighted by atomic mass is 35.5. The highest BCUT2D eigenvalue weighted by molar-refractivity contribution is 6.18. The van der Waals surface area contributed by atoms with Gasteiger partial charge in [0.1, 0.15) is 12.7 Å². The molecule has 0 fully saturated rings. The maximum atomic E-state index is 9.26. The number of ether oxygens (including phenoxy) is 1. The van der Waals surface area contributed by atoms with E-state index in [0.29, 0.717) is 5.75 Å². The van der Waals surface area contributed by atoms with Crippen molar-refractivity contribution in [1.82, 2.24) is 0 Å². The minimum absolute atomic E-state index is 0.0595. The lowest BCUT2D eigenvalue weighted by atomic mass is 10.3. The number of aromatic hydroxyl groups is 1. The number of para-hydroxylation sites is 2. The Morgan fingerprint density at radius 3 is 2.69 bits per heavy atom. The van der Waals surface area contributed by atoms with Crippen LogP contribution in [0.4, 0.5) is 0 Å². The lowest BCUT2D eigenvalue weighted by Gasteiger charge is -2.10. The second kappa shape index (κ2) is 4.94. The lowest BCUT2D eigenvalue weighted by Crippen LogP contribution is -2.18. The zero-order valence-corrected chi connectivity index (χ0v) is 7.74. The number of alkyl halides is 1. The Balaban J connectivity index is 2.50. The molecular formula is C9H11ClO3. The van der Waals surface area contributed by atoms with Gasteiger partial charge >= 0.3 is 0 Å². The molecule has 1 unspecified atom stereocenters. The number of halogens is 1. The molecule has 0 amide bonds. The number of aliphatic hydroxyl groups excluding tert-OH is 1. The fourth-order valence-electron chi connectivity index (χ4n) is 0.810. The molecule has 1 aromatic carbocycles. The molecule has 1 rings (SSSR count). The number of rotatable bonds is 4. The third-order valence-electron chi connectivity index (χ3n) is 1.47. The summed E-state index contributed by atoms with van der Waals surface area (Å²) in [4.78, 5) is 0. The Morgan fingerprint density at radius 2 is 2.08 bits per heavy atom. The molecule has 0 saturated carbocycles. The molecule has 0 radical (unpaired) electrons. The summed E-state index contributed by atoms with van der Waals surface area (Å²) < 4.78 is 5.10. The molecule has 0 bridgehead atoms. The van der Waals surface area contributed by atoms with Gasteiger partial charge in [0.25, 0.3) is 0 Å². The van der Waals surface area contributed by atoms with Gasteiger partial charge < -0.3 is 14.9 Å². The molecule has 72 valence electrons. The van der Waals surface area contributed by atoms with Gasteiger partial charge in [-0.1, -0.05) is 12.1 Å². The summed E-state index contributed by atoms with van der Waals surface area (Å²) in [5.74, 6) is 0.532. The van der Waals surface area contributed by atoms with Crippen LogP contribution in [0.2, 0.25) is 0 Å². The molecule has 0 aliphatic rings. The van der Waals surface area contributed by atoms with Gasteiger partial charge in [0.05, 0.1) is 5.88 Å². The van der Waals surface area contributed by atoms with E-state index >= 15 is 0 Å². The van der Waals surface area contributed by atoms with E-state index in [-0.39, 0.29) is 18.2 Å². The van der Waals surface area contributed by atoms with Gasteiger partial charge in [-0.3, -0.25) is 0 Å². The van der Waals surface area contributed by atoms with Crippen molar-refractivity contribution >= 4 is 11.6 Å². The molecule has 13 heavy (non-hydrogen) atoms. The molecule has 0 aliphatic heterocycles. The second-order valence-corrected chi connectivity index (χ2v) is 2.90. The van der Waals surface area contributed by atoms with E-state index in [1.54, 1.807) is 18.2 Å². The summed E-state index contributed by atoms with van der Waals surface area (Å²) in [5, 5.41) is 18.3. The van der Waals surface area contributed by atoms with Crippen LogP contribution in [0.15, 0.2) is 24.3 Å². The van der Waals surface area contributed by atoms with Crippen molar-refractivity contribution in [2.75, 3.05) is 12.5 Å². The van der Waals surface area contributed by atoms with E-state index < -0.39 is 6.10 Å². The van der Waals surface area contributed by atoms with Gasteiger partial charge in [-0.25, -0.2) is 0 Å². The Morgan fingerprint density at radius 1 is 1.38 bits per heavy atom. The van der Waals surface area contributed by atoms with Crippen molar-refractivity contribution in [2.45, 2.75) is 6.10 Å². The van der Waals surface area contributed by atoms with Crippen molar-refractivity contribution in [1.29, 1.82) is 0 Å². The zero-order chi connectivity index (χ0) is 9.68. The van der Waals surface area contributed by atoms with E-state index in [1.807, 2.05) is 0 Å². The Bertz CT molecular complexity index is 265. The average Bonchev–Trinajstić information content (AvgIpc) is 2.16. The van der Waals surface area contributed by atoms with Crippen molar-refractivity contribution in [3.63, 3.8) is 0 Å². The standard InChI is InChI=1S/C9H11ClO3/c10-5-7(11)6-13-9-4-2-1-3-8(9)12/h1-4,7,11-12H,5-6H2. The first-order valence-electron chi connectivity index (χ1n) is 3.89. The largest absolute Gasteiger partial charge is 0.504 e. The third-order valence-corrected chi connectivity index (χ3v) is 1.83. The van der Waals surface area contributed by atoms with Crippen molar-refractivity contribution in [3.05, 3.63) is 24.3 Å². The van der Waals surface area contributed by atoms with Gasteiger partial charge in [-0.15, -0.1) is 11.6 Å². The zero-order valence-electron chi connectivity index (χ0n) is 6.98. The Hall–Kier alpha value is -0.930. The predicted molar refractivity (Wildman–Crippen MR) is 50.3 cm³/mol. The quantitative estimate of drug-likeness (QED) is 0.726. The van der Waals surface area contributed by atoms with Crippen LogP contribution in [0, 0.1) is 0 Å². The van der Waals surface area contributed by atoms with E-state index in [9.17, 15) is 5.11 Å². The summed E-state index contributed by atoms with van der Waals surface area (Å²) in [6.07, 6.45) is -0.707. The van der Waals surface area contributed by atoms with Crippen LogP contribution in [-0.2, 0) is 0 Å². The van der Waals surface area contributed by atoms with Crippen molar-refractivity contribution in [3.8, 4) is 11.5 Å². The summed E-state index contributed by atoms with van der Waals surface area (Å²) in [7, 11) is 0. The first kappa shape index (κ1) is 10.2. The average molecular weight is 203 g/mol. The number of phenols is 1. The van der Waals surface area contributed by atoms with E-state index in [1.165, 1.54) is 6.07 Å². The summed E-state index contributed by atoms with van der Waals surface area (Å²) >= 11 is 5.37. The van der Waals surface area contributed by atoms with Gasteiger partial charge in [0, 0.05) is 0 Å². The van der Waals surface area contributed by atoms with Crippen LogP contribution >= 0.6 is 11.6 Å². The minimum atomic E-state index is -0.707. The van der Waals surface area contributed by atoms with Crippen LogP contribution in [0.3, 0.4) is 0 Å². The lowest BCUT2D eigenvalue weighted by molar-refractivity contribution is 0.123. The fourth-order valence-corrected chi connectivity index (χ4v) is 0.899. The first-order chi connectivity index (χ1) is 6.24. The normalized spacial score (nSPS) is 12.5. The van der Waals surface area contributed by atoms with E-state index in [4.69, 9.17) is 21.4 Å². The Kier molecular flexibility index (Phi) is 3.86. The van der Waals surface area contributed by atoms with Gasteiger partial charge in [0.15, 0.2) is 11.5 Å². The van der Waals surface area contributed by atoms with Crippen LogP contribution < -0.4 is 4.74 Å². The molecule has 3 nitrogen and oxygen atoms in total. The van der Waals surface area contributed by atoms with E-state index in [2.05, 4.69) is 0 Å². The van der Waals surface area contributed by atoms with E-state index in [0.717, 1.165) is 0 Å². The predicted octanol–water partition coefficient (Wildman–Crippen LogP) is 1.37. The van der Waals surface area contributed by atoms with Gasteiger partial charge in [-0.2, -0.15) is 0 Å². The topological polar surface area (TPSA) is 49.7 Å². The molecule has 4 heteroatoms. The first-order valence-corrected chi connectivity index (χ1v) is 4.42. The van der Waals surface area contributed by atoms with Crippen LogP contribution in [0.25, 0.3) is 0 Å². The molecule has 0 aliphatic carbocycles. The molecule has 0 heterocycles. The fraction of sp³-hybridized carbons (Fsp3) is 0.333. The van der Waals surface area contributed by atoms with Gasteiger partial charge in [-0.05, 0) is 12.1 Å². The summed E-state index contributed by atoms with van der Waals surface area (Å²) in [6, 6.07) is 6.57. The molecule has 1 atom stereocenters. The molecule has 0 aromatic heterocycles. The smallest absolute Gasteiger partial charge is 0.161 e. The highest BCUT2D eigenvalue weighted by Gasteiger charge is 2.05. The number of hydrogen-bond donors (Lipinski definition) is 2. The molecule has 2 N–H and O–H groups in total. The van der Waals surface area contributed by atoms with Crippen molar-refractivity contribution in [2.24, 2.45) is 0 Å². The Labute approximate surface area is 81.5 Å². The SMILES string of the molecule is Oc1ccccc1OCC(O)CCl. The number of benzene rings is 1. The van der Waals surface area contributed by atoms with Gasteiger partial charge in [0.2, 0.25) is 0 Å². The van der Waals surface area contributed by atoms with Crippen molar-refractivity contribution < 1.29 is 14.9 Å². The number of aliphatic hydroxyl groups is 1.